The molecule has 0 aromatic heterocycles. The Hall–Kier alpha value is -1.63. The zero-order valence-corrected chi connectivity index (χ0v) is 30.2. The number of carbonyl (C=O) groups is 1. The molecular formula is C40H72O6. The molecule has 1 aromatic carbocycles. The highest BCUT2D eigenvalue weighted by molar-refractivity contribution is 5.69. The van der Waals surface area contributed by atoms with Gasteiger partial charge in [0.1, 0.15) is 19.0 Å². The van der Waals surface area contributed by atoms with E-state index in [-0.39, 0.29) is 5.97 Å². The predicted octanol–water partition coefficient (Wildman–Crippen LogP) is 10.8. The molecule has 0 atom stereocenters. The molecule has 0 unspecified atom stereocenters. The zero-order chi connectivity index (χ0) is 33.0. The number of carbonyl (C=O) groups excluding carboxylic acids is 1. The van der Waals surface area contributed by atoms with Gasteiger partial charge < -0.3 is 23.7 Å². The van der Waals surface area contributed by atoms with E-state index >= 15 is 0 Å². The molecule has 46 heavy (non-hydrogen) atoms. The fourth-order valence-corrected chi connectivity index (χ4v) is 5.55. The maximum atomic E-state index is 11.9. The summed E-state index contributed by atoms with van der Waals surface area (Å²) >= 11 is 0. The number of rotatable bonds is 36. The van der Waals surface area contributed by atoms with Crippen molar-refractivity contribution in [2.45, 2.75) is 162 Å². The maximum absolute atomic E-state index is 11.9. The van der Waals surface area contributed by atoms with E-state index in [1.54, 1.807) is 0 Å². The van der Waals surface area contributed by atoms with Crippen molar-refractivity contribution >= 4 is 5.97 Å². The van der Waals surface area contributed by atoms with Crippen LogP contribution < -0.4 is 4.74 Å². The van der Waals surface area contributed by atoms with E-state index in [9.17, 15) is 4.79 Å². The van der Waals surface area contributed by atoms with Crippen LogP contribution in [0.1, 0.15) is 161 Å². The average Bonchev–Trinajstić information content (AvgIpc) is 3.07. The van der Waals surface area contributed by atoms with E-state index in [2.05, 4.69) is 38.1 Å². The number of hydrogen-bond acceptors (Lipinski definition) is 6. The normalized spacial score (nSPS) is 11.3. The lowest BCUT2D eigenvalue weighted by Gasteiger charge is -2.09. The zero-order valence-electron chi connectivity index (χ0n) is 30.2. The number of ether oxygens (including phenoxy) is 5. The molecule has 0 aliphatic heterocycles. The fourth-order valence-electron chi connectivity index (χ4n) is 5.55. The van der Waals surface area contributed by atoms with Gasteiger partial charge in [0.05, 0.1) is 39.6 Å². The number of unbranched alkanes of at least 4 members (excludes halogenated alkanes) is 19. The van der Waals surface area contributed by atoms with E-state index in [1.165, 1.54) is 128 Å². The molecule has 6 nitrogen and oxygen atoms in total. The maximum Gasteiger partial charge on any atom is 0.305 e. The Bertz CT molecular complexity index is 753. The largest absolute Gasteiger partial charge is 0.491 e. The Morgan fingerprint density at radius 3 is 1.33 bits per heavy atom. The van der Waals surface area contributed by atoms with Gasteiger partial charge in [-0.25, -0.2) is 0 Å². The lowest BCUT2D eigenvalue weighted by atomic mass is 10.0. The first-order chi connectivity index (χ1) is 22.8. The van der Waals surface area contributed by atoms with Crippen molar-refractivity contribution in [1.29, 1.82) is 0 Å². The molecule has 268 valence electrons. The molecular weight excluding hydrogens is 576 g/mol. The van der Waals surface area contributed by atoms with E-state index in [4.69, 9.17) is 23.7 Å². The minimum Gasteiger partial charge on any atom is -0.491 e. The van der Waals surface area contributed by atoms with Crippen molar-refractivity contribution < 1.29 is 28.5 Å². The molecule has 6 heteroatoms. The lowest BCUT2D eigenvalue weighted by molar-refractivity contribution is -0.145. The van der Waals surface area contributed by atoms with Crippen LogP contribution in [0.3, 0.4) is 0 Å². The highest BCUT2D eigenvalue weighted by Crippen LogP contribution is 2.16. The van der Waals surface area contributed by atoms with E-state index in [1.807, 2.05) is 0 Å². The van der Waals surface area contributed by atoms with Gasteiger partial charge in [-0.1, -0.05) is 148 Å². The summed E-state index contributed by atoms with van der Waals surface area (Å²) < 4.78 is 27.7. The summed E-state index contributed by atoms with van der Waals surface area (Å²) in [7, 11) is 0. The minimum absolute atomic E-state index is 0.115. The molecule has 0 bridgehead atoms. The van der Waals surface area contributed by atoms with Crippen molar-refractivity contribution in [2.24, 2.45) is 0 Å². The number of hydrogen-bond donors (Lipinski definition) is 0. The minimum atomic E-state index is -0.115. The molecule has 0 heterocycles. The SMILES string of the molecule is CCCCCCCCCCCCCCCCCC(=O)OCCOCCOCCOCCOc1ccc(CCCCCCCC)cc1. The topological polar surface area (TPSA) is 63.2 Å². The quantitative estimate of drug-likeness (QED) is 0.0533. The van der Waals surface area contributed by atoms with Crippen molar-refractivity contribution in [2.75, 3.05) is 52.9 Å². The Morgan fingerprint density at radius 1 is 0.457 bits per heavy atom. The summed E-state index contributed by atoms with van der Waals surface area (Å²) in [6.07, 6.45) is 29.5. The van der Waals surface area contributed by atoms with Crippen LogP contribution in [0.2, 0.25) is 0 Å². The Balaban J connectivity index is 1.76. The molecule has 0 saturated heterocycles. The molecule has 1 aromatic rings. The van der Waals surface area contributed by atoms with Crippen LogP contribution in [0.5, 0.6) is 5.75 Å². The van der Waals surface area contributed by atoms with Crippen LogP contribution in [0.25, 0.3) is 0 Å². The monoisotopic (exact) mass is 649 g/mol. The van der Waals surface area contributed by atoms with E-state index in [0.29, 0.717) is 59.3 Å². The van der Waals surface area contributed by atoms with Crippen molar-refractivity contribution in [3.63, 3.8) is 0 Å². The Morgan fingerprint density at radius 2 is 0.848 bits per heavy atom. The van der Waals surface area contributed by atoms with Gasteiger partial charge in [-0.15, -0.1) is 0 Å². The van der Waals surface area contributed by atoms with Gasteiger partial charge in [-0.2, -0.15) is 0 Å². The third-order valence-corrected chi connectivity index (χ3v) is 8.46. The molecule has 0 saturated carbocycles. The van der Waals surface area contributed by atoms with Crippen LogP contribution in [-0.4, -0.2) is 58.8 Å². The van der Waals surface area contributed by atoms with E-state index < -0.39 is 0 Å². The van der Waals surface area contributed by atoms with Crippen LogP contribution >= 0.6 is 0 Å². The second kappa shape index (κ2) is 34.7. The molecule has 0 aliphatic rings. The van der Waals surface area contributed by atoms with Crippen LogP contribution in [0, 0.1) is 0 Å². The predicted molar refractivity (Wildman–Crippen MR) is 192 cm³/mol. The first kappa shape index (κ1) is 42.4. The molecule has 0 aliphatic carbocycles. The first-order valence-corrected chi connectivity index (χ1v) is 19.4. The van der Waals surface area contributed by atoms with Crippen LogP contribution in [-0.2, 0) is 30.2 Å². The van der Waals surface area contributed by atoms with Gasteiger partial charge in [0.15, 0.2) is 0 Å². The Labute approximate surface area is 284 Å². The molecule has 0 spiro atoms. The third kappa shape index (κ3) is 29.8. The highest BCUT2D eigenvalue weighted by atomic mass is 16.6. The summed E-state index contributed by atoms with van der Waals surface area (Å²) in [5.41, 5.74) is 1.38. The second-order valence-electron chi connectivity index (χ2n) is 12.8. The van der Waals surface area contributed by atoms with Gasteiger partial charge in [0.2, 0.25) is 0 Å². The van der Waals surface area contributed by atoms with Gasteiger partial charge in [0.25, 0.3) is 0 Å². The molecule has 0 N–H and O–H groups in total. The van der Waals surface area contributed by atoms with Crippen molar-refractivity contribution in [3.8, 4) is 5.75 Å². The van der Waals surface area contributed by atoms with E-state index in [0.717, 1.165) is 25.0 Å². The van der Waals surface area contributed by atoms with Crippen molar-refractivity contribution in [1.82, 2.24) is 0 Å². The lowest BCUT2D eigenvalue weighted by Crippen LogP contribution is -2.14. The fraction of sp³-hybridized carbons (Fsp3) is 0.825. The standard InChI is InChI=1S/C40H72O6/c1-3-5-7-9-11-12-13-14-15-16-17-18-19-21-23-25-40(41)46-37-35-44-33-31-42-30-32-43-34-36-45-39-28-26-38(27-29-39)24-22-20-10-8-6-4-2/h26-29H,3-25,30-37H2,1-2H3. The highest BCUT2D eigenvalue weighted by Gasteiger charge is 2.03. The smallest absolute Gasteiger partial charge is 0.305 e. The molecule has 0 radical (unpaired) electrons. The summed E-state index contributed by atoms with van der Waals surface area (Å²) in [5, 5.41) is 0. The summed E-state index contributed by atoms with van der Waals surface area (Å²) in [5.74, 6) is 0.774. The van der Waals surface area contributed by atoms with Crippen LogP contribution in [0.15, 0.2) is 24.3 Å². The third-order valence-electron chi connectivity index (χ3n) is 8.46. The summed E-state index contributed by atoms with van der Waals surface area (Å²) in [6, 6.07) is 8.45. The average molecular weight is 649 g/mol. The second-order valence-corrected chi connectivity index (χ2v) is 12.8. The van der Waals surface area contributed by atoms with Crippen LogP contribution in [0.4, 0.5) is 0 Å². The Kier molecular flexibility index (Phi) is 32.0. The van der Waals surface area contributed by atoms with Gasteiger partial charge in [0, 0.05) is 6.42 Å². The number of benzene rings is 1. The molecule has 0 fully saturated rings. The summed E-state index contributed by atoms with van der Waals surface area (Å²) in [4.78, 5) is 11.9. The van der Waals surface area contributed by atoms with Gasteiger partial charge in [-0.3, -0.25) is 4.79 Å². The van der Waals surface area contributed by atoms with Gasteiger partial charge in [-0.05, 0) is 37.0 Å². The van der Waals surface area contributed by atoms with Gasteiger partial charge >= 0.3 is 5.97 Å². The summed E-state index contributed by atoms with van der Waals surface area (Å²) in [6.45, 7) is 8.33. The number of aryl methyl sites for hydroxylation is 1. The number of esters is 1. The molecule has 0 amide bonds. The van der Waals surface area contributed by atoms with Crippen molar-refractivity contribution in [3.05, 3.63) is 29.8 Å². The first-order valence-electron chi connectivity index (χ1n) is 19.4. The molecule has 1 rings (SSSR count).